The summed E-state index contributed by atoms with van der Waals surface area (Å²) in [5, 5.41) is 0.926. The molecule has 0 bridgehead atoms. The summed E-state index contributed by atoms with van der Waals surface area (Å²) in [5.74, 6) is -0.336. The minimum atomic E-state index is -3.18. The van der Waals surface area contributed by atoms with Crippen LogP contribution in [0.4, 0.5) is 0 Å². The van der Waals surface area contributed by atoms with Crippen LogP contribution in [0.15, 0.2) is 30.3 Å². The van der Waals surface area contributed by atoms with Crippen LogP contribution in [-0.4, -0.2) is 43.2 Å². The van der Waals surface area contributed by atoms with E-state index in [-0.39, 0.29) is 24.2 Å². The molecule has 1 N–H and O–H groups in total. The third-order valence-corrected chi connectivity index (χ3v) is 5.11. The second kappa shape index (κ2) is 7.22. The molecule has 22 heavy (non-hydrogen) atoms. The van der Waals surface area contributed by atoms with Gasteiger partial charge in [-0.2, -0.15) is 13.9 Å². The second-order valence-electron chi connectivity index (χ2n) is 4.71. The standard InChI is InChI=1S/C15H19NO5P/c1-19-9-12-8-11-6-4-5-7-13(11)16-15(12)14(17)10-22(18,20-2)21-3/h4-8,18H,9-10H2,1-3H3/q+1. The lowest BCUT2D eigenvalue weighted by molar-refractivity contribution is 0.0994. The van der Waals surface area contributed by atoms with Gasteiger partial charge >= 0.3 is 7.94 Å². The first-order valence-electron chi connectivity index (χ1n) is 6.66. The number of rotatable bonds is 7. The molecule has 7 heteroatoms. The van der Waals surface area contributed by atoms with Gasteiger partial charge in [0.05, 0.1) is 26.3 Å². The van der Waals surface area contributed by atoms with Gasteiger partial charge in [-0.05, 0) is 12.1 Å². The topological polar surface area (TPSA) is 77.9 Å². The van der Waals surface area contributed by atoms with Gasteiger partial charge in [0.2, 0.25) is 11.9 Å². The summed E-state index contributed by atoms with van der Waals surface area (Å²) in [4.78, 5) is 27.0. The fourth-order valence-electron chi connectivity index (χ4n) is 2.13. The quantitative estimate of drug-likeness (QED) is 0.623. The average molecular weight is 324 g/mol. The van der Waals surface area contributed by atoms with E-state index in [9.17, 15) is 9.69 Å². The Morgan fingerprint density at radius 1 is 1.23 bits per heavy atom. The molecule has 0 atom stereocenters. The Kier molecular flexibility index (Phi) is 5.56. The van der Waals surface area contributed by atoms with E-state index in [4.69, 9.17) is 13.8 Å². The Balaban J connectivity index is 2.43. The molecule has 1 aromatic heterocycles. The first kappa shape index (κ1) is 16.9. The number of pyridine rings is 1. The van der Waals surface area contributed by atoms with Crippen molar-refractivity contribution in [2.24, 2.45) is 0 Å². The lowest BCUT2D eigenvalue weighted by Gasteiger charge is -2.13. The first-order valence-corrected chi connectivity index (χ1v) is 8.42. The Morgan fingerprint density at radius 3 is 2.55 bits per heavy atom. The number of carbonyl (C=O) groups is 1. The molecule has 0 unspecified atom stereocenters. The number of carbonyl (C=O) groups excluding carboxylic acids is 1. The van der Waals surface area contributed by atoms with Gasteiger partial charge in [-0.15, -0.1) is 0 Å². The number of ketones is 1. The molecular weight excluding hydrogens is 305 g/mol. The van der Waals surface area contributed by atoms with Gasteiger partial charge in [-0.1, -0.05) is 18.2 Å². The number of Topliss-reactive ketones (excluding diaryl/α,β-unsaturated/α-hetero) is 1. The van der Waals surface area contributed by atoms with Gasteiger partial charge in [0, 0.05) is 18.1 Å². The van der Waals surface area contributed by atoms with Crippen molar-refractivity contribution in [1.29, 1.82) is 0 Å². The highest BCUT2D eigenvalue weighted by Gasteiger charge is 2.42. The molecule has 0 radical (unpaired) electrons. The molecule has 6 nitrogen and oxygen atoms in total. The summed E-state index contributed by atoms with van der Waals surface area (Å²) >= 11 is 0. The predicted octanol–water partition coefficient (Wildman–Crippen LogP) is 2.61. The van der Waals surface area contributed by atoms with Crippen molar-refractivity contribution in [2.75, 3.05) is 27.5 Å². The van der Waals surface area contributed by atoms with Gasteiger partial charge in [0.15, 0.2) is 0 Å². The highest BCUT2D eigenvalue weighted by atomic mass is 31.2. The highest BCUT2D eigenvalue weighted by Crippen LogP contribution is 2.55. The zero-order chi connectivity index (χ0) is 16.2. The van der Waals surface area contributed by atoms with Crippen molar-refractivity contribution >= 4 is 24.6 Å². The van der Waals surface area contributed by atoms with Gasteiger partial charge < -0.3 is 4.74 Å². The fourth-order valence-corrected chi connectivity index (χ4v) is 3.05. The number of hydrogen-bond acceptors (Lipinski definition) is 6. The molecule has 1 aromatic carbocycles. The summed E-state index contributed by atoms with van der Waals surface area (Å²) in [6.45, 7) is 0.260. The number of hydrogen-bond donors (Lipinski definition) is 1. The summed E-state index contributed by atoms with van der Waals surface area (Å²) in [5.41, 5.74) is 1.65. The van der Waals surface area contributed by atoms with Crippen molar-refractivity contribution in [3.05, 3.63) is 41.6 Å². The molecule has 0 amide bonds. The number of ether oxygens (including phenoxy) is 1. The maximum atomic E-state index is 12.5. The molecule has 0 saturated carbocycles. The Labute approximate surface area is 129 Å². The minimum absolute atomic E-state index is 0.248. The maximum Gasteiger partial charge on any atom is 0.416 e. The van der Waals surface area contributed by atoms with E-state index in [0.29, 0.717) is 11.1 Å². The van der Waals surface area contributed by atoms with E-state index >= 15 is 0 Å². The predicted molar refractivity (Wildman–Crippen MR) is 84.8 cm³/mol. The molecule has 2 aromatic rings. The third kappa shape index (κ3) is 3.66. The van der Waals surface area contributed by atoms with Crippen LogP contribution >= 0.6 is 7.94 Å². The molecule has 1 heterocycles. The van der Waals surface area contributed by atoms with E-state index in [1.807, 2.05) is 30.3 Å². The van der Waals surface area contributed by atoms with Gasteiger partial charge in [0.25, 0.3) is 0 Å². The van der Waals surface area contributed by atoms with E-state index in [1.165, 1.54) is 14.2 Å². The van der Waals surface area contributed by atoms with Gasteiger partial charge in [-0.3, -0.25) is 4.79 Å². The first-order chi connectivity index (χ1) is 10.5. The molecule has 2 rings (SSSR count). The van der Waals surface area contributed by atoms with Crippen LogP contribution in [-0.2, 0) is 20.4 Å². The van der Waals surface area contributed by atoms with Crippen LogP contribution in [0.1, 0.15) is 16.1 Å². The zero-order valence-electron chi connectivity index (χ0n) is 12.8. The van der Waals surface area contributed by atoms with Crippen LogP contribution in [0.25, 0.3) is 10.9 Å². The molecule has 0 fully saturated rings. The monoisotopic (exact) mass is 324 g/mol. The van der Waals surface area contributed by atoms with Crippen molar-refractivity contribution < 1.29 is 23.5 Å². The smallest absolute Gasteiger partial charge is 0.380 e. The SMILES string of the molecule is COCc1cc2ccccc2nc1C(=O)C[P+](O)(OC)OC. The molecule has 0 spiro atoms. The Hall–Kier alpha value is -1.43. The molecule has 0 saturated heterocycles. The average Bonchev–Trinajstić information content (AvgIpc) is 2.54. The summed E-state index contributed by atoms with van der Waals surface area (Å²) < 4.78 is 15.0. The Morgan fingerprint density at radius 2 is 1.91 bits per heavy atom. The molecule has 118 valence electrons. The molecule has 0 aliphatic rings. The van der Waals surface area contributed by atoms with Crippen molar-refractivity contribution in [3.8, 4) is 0 Å². The van der Waals surface area contributed by atoms with Crippen LogP contribution in [0.5, 0.6) is 0 Å². The lowest BCUT2D eigenvalue weighted by Crippen LogP contribution is -2.16. The van der Waals surface area contributed by atoms with Crippen LogP contribution in [0, 0.1) is 0 Å². The minimum Gasteiger partial charge on any atom is -0.380 e. The maximum absolute atomic E-state index is 12.5. The van der Waals surface area contributed by atoms with Crippen LogP contribution in [0.3, 0.4) is 0 Å². The summed E-state index contributed by atoms with van der Waals surface area (Å²) in [7, 11) is 0.998. The summed E-state index contributed by atoms with van der Waals surface area (Å²) in [6.07, 6.45) is -0.248. The van der Waals surface area contributed by atoms with E-state index in [2.05, 4.69) is 4.98 Å². The van der Waals surface area contributed by atoms with Gasteiger partial charge in [0.1, 0.15) is 5.69 Å². The number of benzene rings is 1. The number of nitrogens with zero attached hydrogens (tertiary/aromatic N) is 1. The fraction of sp³-hybridized carbons (Fsp3) is 0.333. The normalized spacial score (nSPS) is 11.8. The molecule has 0 aliphatic carbocycles. The molecular formula is C15H19NO5P+. The van der Waals surface area contributed by atoms with Crippen LogP contribution in [0.2, 0.25) is 0 Å². The van der Waals surface area contributed by atoms with Crippen molar-refractivity contribution in [3.63, 3.8) is 0 Å². The van der Waals surface area contributed by atoms with Crippen molar-refractivity contribution in [2.45, 2.75) is 6.61 Å². The lowest BCUT2D eigenvalue weighted by atomic mass is 10.1. The van der Waals surface area contributed by atoms with Crippen molar-refractivity contribution in [1.82, 2.24) is 4.98 Å². The van der Waals surface area contributed by atoms with E-state index < -0.39 is 7.94 Å². The van der Waals surface area contributed by atoms with Crippen LogP contribution < -0.4 is 0 Å². The third-order valence-electron chi connectivity index (χ3n) is 3.28. The zero-order valence-corrected chi connectivity index (χ0v) is 13.7. The largest absolute Gasteiger partial charge is 0.416 e. The van der Waals surface area contributed by atoms with E-state index in [1.54, 1.807) is 7.11 Å². The molecule has 0 aliphatic heterocycles. The summed E-state index contributed by atoms with van der Waals surface area (Å²) in [6, 6.07) is 9.38. The number of para-hydroxylation sites is 1. The Bertz CT molecular complexity index is 672. The van der Waals surface area contributed by atoms with E-state index in [0.717, 1.165) is 5.39 Å². The highest BCUT2D eigenvalue weighted by molar-refractivity contribution is 7.61. The number of methoxy groups -OCH3 is 1. The second-order valence-corrected chi connectivity index (χ2v) is 7.03. The van der Waals surface area contributed by atoms with Gasteiger partial charge in [-0.25, -0.2) is 4.98 Å². The number of aromatic nitrogens is 1. The number of fused-ring (bicyclic) bond motifs is 1.